The van der Waals surface area contributed by atoms with E-state index in [0.717, 1.165) is 56.6 Å². The van der Waals surface area contributed by atoms with Gasteiger partial charge in [0.15, 0.2) is 0 Å². The molecule has 2 aromatic rings. The molecule has 1 atom stereocenters. The number of aromatic nitrogens is 2. The Balaban J connectivity index is 0.00000180. The number of carbonyl (C=O) groups is 1. The molecule has 1 saturated carbocycles. The zero-order valence-corrected chi connectivity index (χ0v) is 16.4. The Kier molecular flexibility index (Phi) is 4.99. The number of piperidine rings is 1. The summed E-state index contributed by atoms with van der Waals surface area (Å²) in [4.78, 5) is 12.7. The fraction of sp³-hybridized carbons (Fsp3) is 0.524. The van der Waals surface area contributed by atoms with Crippen molar-refractivity contribution in [1.29, 1.82) is 0 Å². The lowest BCUT2D eigenvalue weighted by Crippen LogP contribution is -2.33. The van der Waals surface area contributed by atoms with Gasteiger partial charge in [-0.1, -0.05) is 18.2 Å². The summed E-state index contributed by atoms with van der Waals surface area (Å²) in [5.74, 6) is 0.446. The van der Waals surface area contributed by atoms with Crippen LogP contribution in [0.5, 0.6) is 0 Å². The minimum absolute atomic E-state index is 0. The Hall–Kier alpha value is -1.85. The summed E-state index contributed by atoms with van der Waals surface area (Å²) >= 11 is 0. The second-order valence-electron chi connectivity index (χ2n) is 8.06. The maximum Gasteiger partial charge on any atom is 0.224 e. The average Bonchev–Trinajstić information content (AvgIpc) is 3.04. The van der Waals surface area contributed by atoms with Crippen LogP contribution in [0, 0.1) is 11.3 Å². The molecule has 1 aromatic carbocycles. The Morgan fingerprint density at radius 1 is 1.22 bits per heavy atom. The summed E-state index contributed by atoms with van der Waals surface area (Å²) in [5.41, 5.74) is 5.12. The number of nitrogens with one attached hydrogen (secondary N) is 2. The van der Waals surface area contributed by atoms with Crippen molar-refractivity contribution < 1.29 is 4.79 Å². The van der Waals surface area contributed by atoms with E-state index in [1.165, 1.54) is 17.7 Å². The highest BCUT2D eigenvalue weighted by molar-refractivity contribution is 5.85. The Morgan fingerprint density at radius 2 is 2.00 bits per heavy atom. The van der Waals surface area contributed by atoms with E-state index in [1.54, 1.807) is 0 Å². The molecule has 1 aliphatic heterocycles. The van der Waals surface area contributed by atoms with Gasteiger partial charge in [0.05, 0.1) is 17.9 Å². The van der Waals surface area contributed by atoms with Crippen molar-refractivity contribution in [3.05, 3.63) is 47.3 Å². The normalized spacial score (nSPS) is 22.1. The smallest absolute Gasteiger partial charge is 0.224 e. The zero-order chi connectivity index (χ0) is 17.6. The molecule has 0 bridgehead atoms. The third kappa shape index (κ3) is 3.27. The van der Waals surface area contributed by atoms with Gasteiger partial charge in [0, 0.05) is 11.6 Å². The number of para-hydroxylation sites is 1. The lowest BCUT2D eigenvalue weighted by atomic mass is 9.92. The first kappa shape index (κ1) is 18.5. The van der Waals surface area contributed by atoms with Crippen LogP contribution in [-0.4, -0.2) is 28.8 Å². The van der Waals surface area contributed by atoms with Crippen molar-refractivity contribution >= 4 is 18.3 Å². The van der Waals surface area contributed by atoms with Gasteiger partial charge in [0.1, 0.15) is 0 Å². The predicted molar refractivity (Wildman–Crippen MR) is 107 cm³/mol. The van der Waals surface area contributed by atoms with Gasteiger partial charge in [0.2, 0.25) is 5.91 Å². The number of hydrogen-bond acceptors (Lipinski definition) is 3. The second kappa shape index (κ2) is 7.28. The highest BCUT2D eigenvalue weighted by Crippen LogP contribution is 2.58. The van der Waals surface area contributed by atoms with E-state index in [-0.39, 0.29) is 24.2 Å². The summed E-state index contributed by atoms with van der Waals surface area (Å²) in [6.45, 7) is 2.67. The van der Waals surface area contributed by atoms with E-state index in [1.807, 2.05) is 18.2 Å². The van der Waals surface area contributed by atoms with E-state index in [0.29, 0.717) is 12.0 Å². The van der Waals surface area contributed by atoms with Crippen LogP contribution in [0.4, 0.5) is 0 Å². The van der Waals surface area contributed by atoms with Crippen molar-refractivity contribution in [1.82, 2.24) is 20.4 Å². The van der Waals surface area contributed by atoms with Gasteiger partial charge < -0.3 is 10.6 Å². The Bertz CT molecular complexity index is 826. The topological polar surface area (TPSA) is 59.0 Å². The SMILES string of the molecule is Cl.O=C(NCc1nn(-c2ccccc2)c2c1CCC2)C1CC12CCNCC2. The van der Waals surface area contributed by atoms with E-state index >= 15 is 0 Å². The number of benzene rings is 1. The quantitative estimate of drug-likeness (QED) is 0.849. The number of fused-ring (bicyclic) bond motifs is 1. The molecule has 6 heteroatoms. The van der Waals surface area contributed by atoms with Crippen molar-refractivity contribution in [2.24, 2.45) is 11.3 Å². The van der Waals surface area contributed by atoms with Crippen LogP contribution in [0.1, 0.15) is 42.6 Å². The molecule has 27 heavy (non-hydrogen) atoms. The average molecular weight is 387 g/mol. The first-order chi connectivity index (χ1) is 12.8. The van der Waals surface area contributed by atoms with Crippen LogP contribution in [0.25, 0.3) is 5.69 Å². The van der Waals surface area contributed by atoms with Crippen molar-refractivity contribution in [3.8, 4) is 5.69 Å². The molecule has 2 fully saturated rings. The number of nitrogens with zero attached hydrogens (tertiary/aromatic N) is 2. The standard InChI is InChI=1S/C21H26N4O.ClH/c26-20(17-13-21(17)9-11-22-12-10-21)23-14-18-16-7-4-8-19(16)25(24-18)15-5-2-1-3-6-15;/h1-3,5-6,17,22H,4,7-14H2,(H,23,26);1H. The van der Waals surface area contributed by atoms with Crippen LogP contribution in [0.2, 0.25) is 0 Å². The van der Waals surface area contributed by atoms with E-state index in [2.05, 4.69) is 27.4 Å². The van der Waals surface area contributed by atoms with E-state index in [9.17, 15) is 4.79 Å². The number of amides is 1. The van der Waals surface area contributed by atoms with Crippen molar-refractivity contribution in [3.63, 3.8) is 0 Å². The van der Waals surface area contributed by atoms with Crippen LogP contribution >= 0.6 is 12.4 Å². The molecule has 2 aliphatic carbocycles. The van der Waals surface area contributed by atoms with Crippen LogP contribution in [-0.2, 0) is 24.2 Å². The van der Waals surface area contributed by atoms with Crippen molar-refractivity contribution in [2.45, 2.75) is 45.1 Å². The summed E-state index contributed by atoms with van der Waals surface area (Å²) < 4.78 is 2.08. The Labute approximate surface area is 166 Å². The van der Waals surface area contributed by atoms with Gasteiger partial charge in [-0.2, -0.15) is 5.10 Å². The molecule has 0 radical (unpaired) electrons. The molecule has 1 amide bonds. The molecule has 5 rings (SSSR count). The first-order valence-electron chi connectivity index (χ1n) is 9.90. The highest BCUT2D eigenvalue weighted by atomic mass is 35.5. The van der Waals surface area contributed by atoms with E-state index < -0.39 is 0 Å². The number of carbonyl (C=O) groups excluding carboxylic acids is 1. The second-order valence-corrected chi connectivity index (χ2v) is 8.06. The molecule has 1 unspecified atom stereocenters. The molecule has 1 saturated heterocycles. The van der Waals surface area contributed by atoms with Gasteiger partial charge >= 0.3 is 0 Å². The van der Waals surface area contributed by atoms with Crippen molar-refractivity contribution in [2.75, 3.05) is 13.1 Å². The molecule has 2 N–H and O–H groups in total. The predicted octanol–water partition coefficient (Wildman–Crippen LogP) is 2.79. The monoisotopic (exact) mass is 386 g/mol. The molecule has 1 aromatic heterocycles. The fourth-order valence-electron chi connectivity index (χ4n) is 4.93. The Morgan fingerprint density at radius 3 is 2.78 bits per heavy atom. The number of hydrogen-bond donors (Lipinski definition) is 2. The van der Waals surface area contributed by atoms with Crippen LogP contribution in [0.15, 0.2) is 30.3 Å². The minimum atomic E-state index is 0. The molecule has 5 nitrogen and oxygen atoms in total. The first-order valence-corrected chi connectivity index (χ1v) is 9.90. The third-order valence-corrected chi connectivity index (χ3v) is 6.55. The lowest BCUT2D eigenvalue weighted by molar-refractivity contribution is -0.123. The van der Waals surface area contributed by atoms with Gasteiger partial charge in [-0.15, -0.1) is 12.4 Å². The van der Waals surface area contributed by atoms with Gasteiger partial charge in [0.25, 0.3) is 0 Å². The van der Waals surface area contributed by atoms with Crippen LogP contribution < -0.4 is 10.6 Å². The van der Waals surface area contributed by atoms with Gasteiger partial charge in [-0.25, -0.2) is 4.68 Å². The van der Waals surface area contributed by atoms with Gasteiger partial charge in [-0.3, -0.25) is 4.79 Å². The summed E-state index contributed by atoms with van der Waals surface area (Å²) in [6, 6.07) is 10.3. The zero-order valence-electron chi connectivity index (χ0n) is 15.5. The summed E-state index contributed by atoms with van der Waals surface area (Å²) in [7, 11) is 0. The third-order valence-electron chi connectivity index (χ3n) is 6.55. The largest absolute Gasteiger partial charge is 0.350 e. The van der Waals surface area contributed by atoms with Gasteiger partial charge in [-0.05, 0) is 74.7 Å². The molecule has 1 spiro atoms. The molecule has 3 aliphatic rings. The minimum Gasteiger partial charge on any atom is -0.350 e. The molecule has 144 valence electrons. The summed E-state index contributed by atoms with van der Waals surface area (Å²) in [5, 5.41) is 11.4. The number of halogens is 1. The fourth-order valence-corrected chi connectivity index (χ4v) is 4.93. The lowest BCUT2D eigenvalue weighted by Gasteiger charge is -2.23. The van der Waals surface area contributed by atoms with E-state index in [4.69, 9.17) is 5.10 Å². The highest BCUT2D eigenvalue weighted by Gasteiger charge is 2.57. The maximum atomic E-state index is 12.7. The maximum absolute atomic E-state index is 12.7. The molecular weight excluding hydrogens is 360 g/mol. The number of rotatable bonds is 4. The molecular formula is C21H27ClN4O. The van der Waals surface area contributed by atoms with Crippen LogP contribution in [0.3, 0.4) is 0 Å². The molecule has 2 heterocycles. The summed E-state index contributed by atoms with van der Waals surface area (Å²) in [6.07, 6.45) is 6.68.